The lowest BCUT2D eigenvalue weighted by molar-refractivity contribution is 0.613. The molecule has 2 aromatic carbocycles. The summed E-state index contributed by atoms with van der Waals surface area (Å²) in [4.78, 5) is 19.7. The summed E-state index contributed by atoms with van der Waals surface area (Å²) in [6.07, 6.45) is 1.78. The van der Waals surface area contributed by atoms with Gasteiger partial charge in [-0.2, -0.15) is 0 Å². The molecule has 0 radical (unpaired) electrons. The average Bonchev–Trinajstić information content (AvgIpc) is 3.36. The second-order valence-corrected chi connectivity index (χ2v) is 8.67. The number of aromatic amines is 1. The first-order valence-electron chi connectivity index (χ1n) is 9.46. The lowest BCUT2D eigenvalue weighted by atomic mass is 10.2. The molecule has 0 aliphatic heterocycles. The molecule has 7 nitrogen and oxygen atoms in total. The molecule has 0 aliphatic carbocycles. The summed E-state index contributed by atoms with van der Waals surface area (Å²) >= 11 is 4.92. The summed E-state index contributed by atoms with van der Waals surface area (Å²) in [5.41, 5.74) is 1.30. The van der Waals surface area contributed by atoms with Gasteiger partial charge in [0.05, 0.1) is 16.7 Å². The number of fused-ring (bicyclic) bond motifs is 2. The number of nitrogens with one attached hydrogen (secondary N) is 1. The largest absolute Gasteiger partial charge is 0.453 e. The number of halogens is 1. The van der Waals surface area contributed by atoms with Crippen molar-refractivity contribution in [3.63, 3.8) is 0 Å². The van der Waals surface area contributed by atoms with Gasteiger partial charge in [0.25, 0.3) is 5.56 Å². The molecule has 0 bridgehead atoms. The monoisotopic (exact) mass is 493 g/mol. The summed E-state index contributed by atoms with van der Waals surface area (Å²) in [6, 6.07) is 15.1. The zero-order chi connectivity index (χ0) is 21.4. The van der Waals surface area contributed by atoms with Gasteiger partial charge in [0, 0.05) is 16.4 Å². The highest BCUT2D eigenvalue weighted by atomic mass is 79.9. The fourth-order valence-corrected chi connectivity index (χ4v) is 4.53. The summed E-state index contributed by atoms with van der Waals surface area (Å²) in [6.45, 7) is 4.37. The van der Waals surface area contributed by atoms with Crippen LogP contribution < -0.4 is 5.56 Å². The maximum atomic E-state index is 12.3. The Morgan fingerprint density at radius 2 is 2.06 bits per heavy atom. The van der Waals surface area contributed by atoms with E-state index < -0.39 is 0 Å². The molecule has 31 heavy (non-hydrogen) atoms. The number of aromatic nitrogens is 5. The highest BCUT2D eigenvalue weighted by Crippen LogP contribution is 2.31. The van der Waals surface area contributed by atoms with E-state index in [0.29, 0.717) is 45.8 Å². The van der Waals surface area contributed by atoms with Gasteiger partial charge in [-0.05, 0) is 36.4 Å². The van der Waals surface area contributed by atoms with Crippen LogP contribution in [0.1, 0.15) is 5.82 Å². The molecule has 0 spiro atoms. The molecule has 0 unspecified atom stereocenters. The van der Waals surface area contributed by atoms with Crippen molar-refractivity contribution in [2.75, 3.05) is 0 Å². The molecule has 0 aliphatic rings. The van der Waals surface area contributed by atoms with E-state index >= 15 is 0 Å². The van der Waals surface area contributed by atoms with Gasteiger partial charge in [-0.25, -0.2) is 4.98 Å². The van der Waals surface area contributed by atoms with Gasteiger partial charge >= 0.3 is 0 Å². The second-order valence-electron chi connectivity index (χ2n) is 6.82. The van der Waals surface area contributed by atoms with Gasteiger partial charge in [-0.3, -0.25) is 9.36 Å². The normalized spacial score (nSPS) is 11.4. The third-order valence-electron chi connectivity index (χ3n) is 4.73. The van der Waals surface area contributed by atoms with E-state index in [-0.39, 0.29) is 5.56 Å². The van der Waals surface area contributed by atoms with E-state index in [9.17, 15) is 4.79 Å². The minimum Gasteiger partial charge on any atom is -0.453 e. The number of H-pyrrole nitrogens is 1. The van der Waals surface area contributed by atoms with E-state index in [1.165, 1.54) is 11.8 Å². The Bertz CT molecular complexity index is 1490. The van der Waals surface area contributed by atoms with Crippen LogP contribution in [-0.2, 0) is 12.3 Å². The van der Waals surface area contributed by atoms with Crippen molar-refractivity contribution in [1.29, 1.82) is 0 Å². The molecular formula is C22H16BrN5O2S. The minimum atomic E-state index is -0.150. The molecule has 5 aromatic rings. The molecule has 3 heterocycles. The van der Waals surface area contributed by atoms with E-state index in [1.807, 2.05) is 47.0 Å². The first kappa shape index (κ1) is 19.8. The minimum absolute atomic E-state index is 0.150. The fourth-order valence-electron chi connectivity index (χ4n) is 3.33. The molecule has 1 N–H and O–H groups in total. The SMILES string of the molecule is C=CCn1c(SCc2nc3ccccc3c(=O)[nH]2)nnc1-c1cc2cc(Br)ccc2o1. The van der Waals surface area contributed by atoms with Crippen molar-refractivity contribution < 1.29 is 4.42 Å². The van der Waals surface area contributed by atoms with Crippen LogP contribution in [-0.4, -0.2) is 24.7 Å². The molecule has 0 fully saturated rings. The Balaban J connectivity index is 1.46. The molecule has 9 heteroatoms. The first-order valence-corrected chi connectivity index (χ1v) is 11.2. The zero-order valence-electron chi connectivity index (χ0n) is 16.2. The molecule has 154 valence electrons. The topological polar surface area (TPSA) is 89.6 Å². The van der Waals surface area contributed by atoms with Crippen LogP contribution in [0, 0.1) is 0 Å². The number of furan rings is 1. The van der Waals surface area contributed by atoms with Crippen molar-refractivity contribution in [2.24, 2.45) is 0 Å². The van der Waals surface area contributed by atoms with E-state index in [0.717, 1.165) is 15.4 Å². The molecule has 3 aromatic heterocycles. The summed E-state index contributed by atoms with van der Waals surface area (Å²) in [5, 5.41) is 10.9. The quantitative estimate of drug-likeness (QED) is 0.259. The van der Waals surface area contributed by atoms with Crippen molar-refractivity contribution >= 4 is 49.6 Å². The Morgan fingerprint density at radius 3 is 2.94 bits per heavy atom. The van der Waals surface area contributed by atoms with Crippen molar-refractivity contribution in [3.05, 3.63) is 81.8 Å². The Labute approximate surface area is 189 Å². The molecule has 0 saturated heterocycles. The van der Waals surface area contributed by atoms with Crippen LogP contribution in [0.25, 0.3) is 33.5 Å². The highest BCUT2D eigenvalue weighted by molar-refractivity contribution is 9.10. The standard InChI is InChI=1S/C22H16BrN5O2S/c1-2-9-28-20(18-11-13-10-14(23)7-8-17(13)30-18)26-27-22(28)31-12-19-24-16-6-4-3-5-15(16)21(29)25-19/h2-8,10-11H,1,9,12H2,(H,24,25,29). The fraction of sp³-hybridized carbons (Fsp3) is 0.0909. The summed E-state index contributed by atoms with van der Waals surface area (Å²) < 4.78 is 8.90. The van der Waals surface area contributed by atoms with Crippen LogP contribution >= 0.6 is 27.7 Å². The van der Waals surface area contributed by atoms with E-state index in [4.69, 9.17) is 4.42 Å². The van der Waals surface area contributed by atoms with Gasteiger partial charge in [0.1, 0.15) is 11.4 Å². The molecule has 0 amide bonds. The number of hydrogen-bond donors (Lipinski definition) is 1. The van der Waals surface area contributed by atoms with Crippen LogP contribution in [0.4, 0.5) is 0 Å². The van der Waals surface area contributed by atoms with E-state index in [1.54, 1.807) is 12.1 Å². The van der Waals surface area contributed by atoms with Crippen molar-refractivity contribution in [1.82, 2.24) is 24.7 Å². The first-order chi connectivity index (χ1) is 15.1. The van der Waals surface area contributed by atoms with Crippen LogP contribution in [0.15, 0.2) is 80.0 Å². The summed E-state index contributed by atoms with van der Waals surface area (Å²) in [5.74, 6) is 2.28. The zero-order valence-corrected chi connectivity index (χ0v) is 18.6. The van der Waals surface area contributed by atoms with Crippen LogP contribution in [0.3, 0.4) is 0 Å². The van der Waals surface area contributed by atoms with Crippen molar-refractivity contribution in [3.8, 4) is 11.6 Å². The van der Waals surface area contributed by atoms with Crippen LogP contribution in [0.5, 0.6) is 0 Å². The van der Waals surface area contributed by atoms with Crippen molar-refractivity contribution in [2.45, 2.75) is 17.5 Å². The second kappa shape index (κ2) is 8.16. The number of benzene rings is 2. The number of hydrogen-bond acceptors (Lipinski definition) is 6. The molecule has 0 saturated carbocycles. The number of thioether (sulfide) groups is 1. The van der Waals surface area contributed by atoms with E-state index in [2.05, 4.69) is 42.7 Å². The number of nitrogens with zero attached hydrogens (tertiary/aromatic N) is 4. The predicted molar refractivity (Wildman–Crippen MR) is 125 cm³/mol. The smallest absolute Gasteiger partial charge is 0.258 e. The lowest BCUT2D eigenvalue weighted by Crippen LogP contribution is -2.11. The maximum Gasteiger partial charge on any atom is 0.258 e. The molecule has 5 rings (SSSR count). The van der Waals surface area contributed by atoms with Gasteiger partial charge in [0.15, 0.2) is 10.9 Å². The number of allylic oxidation sites excluding steroid dienone is 1. The number of para-hydroxylation sites is 1. The van der Waals surface area contributed by atoms with Gasteiger partial charge in [-0.1, -0.05) is 45.9 Å². The third-order valence-corrected chi connectivity index (χ3v) is 6.20. The van der Waals surface area contributed by atoms with Gasteiger partial charge < -0.3 is 9.40 Å². The Morgan fingerprint density at radius 1 is 1.19 bits per heavy atom. The lowest BCUT2D eigenvalue weighted by Gasteiger charge is -2.06. The van der Waals surface area contributed by atoms with Crippen LogP contribution in [0.2, 0.25) is 0 Å². The average molecular weight is 494 g/mol. The molecule has 0 atom stereocenters. The van der Waals surface area contributed by atoms with Gasteiger partial charge in [-0.15, -0.1) is 16.8 Å². The maximum absolute atomic E-state index is 12.3. The number of rotatable bonds is 6. The predicted octanol–water partition coefficient (Wildman–Crippen LogP) is 5.17. The highest BCUT2D eigenvalue weighted by Gasteiger charge is 2.18. The molecular weight excluding hydrogens is 478 g/mol. The van der Waals surface area contributed by atoms with Gasteiger partial charge in [0.2, 0.25) is 5.82 Å². The Hall–Kier alpha value is -3.17. The summed E-state index contributed by atoms with van der Waals surface area (Å²) in [7, 11) is 0. The Kier molecular flexibility index (Phi) is 5.21. The third kappa shape index (κ3) is 3.82.